The number of hydrogen-bond donors (Lipinski definition) is 0. The molecule has 0 atom stereocenters. The second-order valence-electron chi connectivity index (χ2n) is 3.97. The highest BCUT2D eigenvalue weighted by Gasteiger charge is 2.21. The second-order valence-corrected chi connectivity index (χ2v) is 5.13. The van der Waals surface area contributed by atoms with E-state index in [-0.39, 0.29) is 17.1 Å². The van der Waals surface area contributed by atoms with Gasteiger partial charge in [0.25, 0.3) is 0 Å². The first-order chi connectivity index (χ1) is 9.52. The van der Waals surface area contributed by atoms with Crippen LogP contribution >= 0.6 is 22.6 Å². The average Bonchev–Trinajstić information content (AvgIpc) is 2.78. The van der Waals surface area contributed by atoms with E-state index in [1.165, 1.54) is 13.0 Å². The Morgan fingerprint density at radius 1 is 1.45 bits per heavy atom. The first-order valence-electron chi connectivity index (χ1n) is 5.65. The van der Waals surface area contributed by atoms with Crippen LogP contribution in [0.15, 0.2) is 22.7 Å². The molecule has 0 spiro atoms. The zero-order valence-corrected chi connectivity index (χ0v) is 12.9. The summed E-state index contributed by atoms with van der Waals surface area (Å²) in [4.78, 5) is 10.4. The van der Waals surface area contributed by atoms with Crippen LogP contribution < -0.4 is 4.74 Å². The molecule has 7 heteroatoms. The number of nitro groups is 1. The van der Waals surface area contributed by atoms with Gasteiger partial charge in [-0.1, -0.05) is 17.3 Å². The van der Waals surface area contributed by atoms with Crippen molar-refractivity contribution in [1.82, 2.24) is 5.16 Å². The molecule has 0 aliphatic rings. The van der Waals surface area contributed by atoms with Gasteiger partial charge < -0.3 is 9.26 Å². The highest BCUT2D eigenvalue weighted by atomic mass is 127. The number of methoxy groups -OCH3 is 1. The summed E-state index contributed by atoms with van der Waals surface area (Å²) in [5.74, 6) is 0.919. The van der Waals surface area contributed by atoms with Crippen molar-refractivity contribution in [3.8, 4) is 5.75 Å². The largest absolute Gasteiger partial charge is 0.496 e. The third-order valence-electron chi connectivity index (χ3n) is 2.64. The van der Waals surface area contributed by atoms with E-state index in [2.05, 4.69) is 27.7 Å². The Labute approximate surface area is 128 Å². The van der Waals surface area contributed by atoms with Crippen LogP contribution in [0.1, 0.15) is 17.0 Å². The molecule has 0 radical (unpaired) electrons. The molecular weight excluding hydrogens is 375 g/mol. The van der Waals surface area contributed by atoms with E-state index in [1.807, 2.05) is 18.2 Å². The van der Waals surface area contributed by atoms with Crippen molar-refractivity contribution < 1.29 is 14.2 Å². The van der Waals surface area contributed by atoms with E-state index in [9.17, 15) is 10.1 Å². The van der Waals surface area contributed by atoms with Gasteiger partial charge in [0.05, 0.1) is 15.6 Å². The third-order valence-corrected chi connectivity index (χ3v) is 3.49. The predicted molar refractivity (Wildman–Crippen MR) is 82.5 cm³/mol. The highest BCUT2D eigenvalue weighted by molar-refractivity contribution is 14.1. The Hall–Kier alpha value is -1.90. The lowest BCUT2D eigenvalue weighted by Crippen LogP contribution is -1.90. The van der Waals surface area contributed by atoms with Crippen molar-refractivity contribution in [3.05, 3.63) is 48.9 Å². The molecule has 1 aromatic heterocycles. The molecule has 0 bridgehead atoms. The van der Waals surface area contributed by atoms with Gasteiger partial charge in [-0.25, -0.2) is 0 Å². The maximum absolute atomic E-state index is 10.9. The van der Waals surface area contributed by atoms with E-state index in [0.717, 1.165) is 14.9 Å². The van der Waals surface area contributed by atoms with Crippen LogP contribution in [0.25, 0.3) is 12.2 Å². The summed E-state index contributed by atoms with van der Waals surface area (Å²) in [5.41, 5.74) is 1.04. The monoisotopic (exact) mass is 386 g/mol. The van der Waals surface area contributed by atoms with E-state index < -0.39 is 4.92 Å². The number of rotatable bonds is 4. The number of halogens is 1. The maximum atomic E-state index is 10.9. The number of aryl methyl sites for hydroxylation is 1. The topological polar surface area (TPSA) is 78.4 Å². The molecule has 0 N–H and O–H groups in total. The standard InChI is InChI=1S/C13H11IN2O4/c1-8-13(16(17)18)12(20-15-8)6-4-9-3-5-11(19-2)10(14)7-9/h3-7H,1-2H3/b6-4+. The fraction of sp³-hybridized carbons (Fsp3) is 0.154. The minimum Gasteiger partial charge on any atom is -0.496 e. The molecule has 104 valence electrons. The van der Waals surface area contributed by atoms with Gasteiger partial charge in [-0.3, -0.25) is 10.1 Å². The molecule has 0 unspecified atom stereocenters. The van der Waals surface area contributed by atoms with E-state index >= 15 is 0 Å². The zero-order chi connectivity index (χ0) is 14.7. The second kappa shape index (κ2) is 6.04. The minimum absolute atomic E-state index is 0.107. The van der Waals surface area contributed by atoms with Gasteiger partial charge in [-0.15, -0.1) is 0 Å². The summed E-state index contributed by atoms with van der Waals surface area (Å²) >= 11 is 2.16. The molecule has 20 heavy (non-hydrogen) atoms. The fourth-order valence-electron chi connectivity index (χ4n) is 1.67. The zero-order valence-electron chi connectivity index (χ0n) is 10.8. The van der Waals surface area contributed by atoms with Crippen LogP contribution in [0.4, 0.5) is 5.69 Å². The summed E-state index contributed by atoms with van der Waals surface area (Å²) in [6.07, 6.45) is 3.27. The Kier molecular flexibility index (Phi) is 4.38. The third kappa shape index (κ3) is 2.98. The molecule has 0 aliphatic carbocycles. The van der Waals surface area contributed by atoms with Crippen LogP contribution in [-0.4, -0.2) is 17.2 Å². The van der Waals surface area contributed by atoms with Gasteiger partial charge in [-0.05, 0) is 53.3 Å². The molecule has 0 fully saturated rings. The molecule has 0 saturated carbocycles. The fourth-order valence-corrected chi connectivity index (χ4v) is 2.43. The van der Waals surface area contributed by atoms with Crippen LogP contribution in [-0.2, 0) is 0 Å². The first kappa shape index (κ1) is 14.5. The number of benzene rings is 1. The Bertz CT molecular complexity index is 679. The van der Waals surface area contributed by atoms with Gasteiger partial charge in [0.2, 0.25) is 5.76 Å². The molecule has 2 rings (SSSR count). The van der Waals surface area contributed by atoms with Crippen molar-refractivity contribution in [1.29, 1.82) is 0 Å². The van der Waals surface area contributed by atoms with Gasteiger partial charge >= 0.3 is 5.69 Å². The molecule has 2 aromatic rings. The summed E-state index contributed by atoms with van der Waals surface area (Å²) in [7, 11) is 1.60. The molecular formula is C13H11IN2O4. The lowest BCUT2D eigenvalue weighted by atomic mass is 10.2. The molecule has 1 aromatic carbocycles. The summed E-state index contributed by atoms with van der Waals surface area (Å²) in [5, 5.41) is 14.5. The summed E-state index contributed by atoms with van der Waals surface area (Å²) in [6.45, 7) is 1.54. The van der Waals surface area contributed by atoms with Crippen molar-refractivity contribution in [2.75, 3.05) is 7.11 Å². The number of aromatic nitrogens is 1. The number of ether oxygens (including phenoxy) is 1. The van der Waals surface area contributed by atoms with Crippen LogP contribution in [0.3, 0.4) is 0 Å². The molecule has 0 aliphatic heterocycles. The summed E-state index contributed by atoms with van der Waals surface area (Å²) < 4.78 is 11.1. The van der Waals surface area contributed by atoms with Gasteiger partial charge in [0.1, 0.15) is 5.75 Å². The Morgan fingerprint density at radius 3 is 2.80 bits per heavy atom. The quantitative estimate of drug-likeness (QED) is 0.455. The predicted octanol–water partition coefficient (Wildman–Crippen LogP) is 3.67. The van der Waals surface area contributed by atoms with Gasteiger partial charge in [0, 0.05) is 0 Å². The van der Waals surface area contributed by atoms with E-state index in [1.54, 1.807) is 13.2 Å². The average molecular weight is 386 g/mol. The van der Waals surface area contributed by atoms with E-state index in [4.69, 9.17) is 9.26 Å². The van der Waals surface area contributed by atoms with Gasteiger partial charge in [-0.2, -0.15) is 0 Å². The van der Waals surface area contributed by atoms with Crippen LogP contribution in [0.5, 0.6) is 5.75 Å². The number of nitrogens with zero attached hydrogens (tertiary/aromatic N) is 2. The van der Waals surface area contributed by atoms with Crippen LogP contribution in [0, 0.1) is 20.6 Å². The highest BCUT2D eigenvalue weighted by Crippen LogP contribution is 2.26. The lowest BCUT2D eigenvalue weighted by molar-refractivity contribution is -0.386. The van der Waals surface area contributed by atoms with Crippen LogP contribution in [0.2, 0.25) is 0 Å². The molecule has 0 amide bonds. The Morgan fingerprint density at radius 2 is 2.20 bits per heavy atom. The van der Waals surface area contributed by atoms with E-state index in [0.29, 0.717) is 0 Å². The lowest BCUT2D eigenvalue weighted by Gasteiger charge is -2.03. The smallest absolute Gasteiger partial charge is 0.338 e. The molecule has 1 heterocycles. The number of hydrogen-bond acceptors (Lipinski definition) is 5. The normalized spacial score (nSPS) is 10.9. The van der Waals surface area contributed by atoms with Gasteiger partial charge in [0.15, 0.2) is 5.69 Å². The molecule has 6 nitrogen and oxygen atoms in total. The van der Waals surface area contributed by atoms with Crippen molar-refractivity contribution in [2.24, 2.45) is 0 Å². The van der Waals surface area contributed by atoms with Crippen molar-refractivity contribution in [3.63, 3.8) is 0 Å². The van der Waals surface area contributed by atoms with Crippen molar-refractivity contribution in [2.45, 2.75) is 6.92 Å². The maximum Gasteiger partial charge on any atom is 0.338 e. The Balaban J connectivity index is 2.30. The summed E-state index contributed by atoms with van der Waals surface area (Å²) in [6, 6.07) is 5.60. The SMILES string of the molecule is COc1ccc(/C=C/c2onc(C)c2[N+](=O)[O-])cc1I. The van der Waals surface area contributed by atoms with Crippen molar-refractivity contribution >= 4 is 40.4 Å². The molecule has 0 saturated heterocycles. The minimum atomic E-state index is -0.497. The first-order valence-corrected chi connectivity index (χ1v) is 6.73.